The van der Waals surface area contributed by atoms with Crippen molar-refractivity contribution in [1.29, 1.82) is 0 Å². The predicted molar refractivity (Wildman–Crippen MR) is 90.3 cm³/mol. The summed E-state index contributed by atoms with van der Waals surface area (Å²) in [7, 11) is 1.67. The van der Waals surface area contributed by atoms with E-state index >= 15 is 0 Å². The molecular weight excluding hydrogens is 330 g/mol. The first-order chi connectivity index (χ1) is 9.92. The summed E-state index contributed by atoms with van der Waals surface area (Å²) in [4.78, 5) is 0. The number of benzene rings is 2. The Balaban J connectivity index is 2.24. The molecule has 0 atom stereocenters. The van der Waals surface area contributed by atoms with E-state index in [1.54, 1.807) is 7.11 Å². The summed E-state index contributed by atoms with van der Waals surface area (Å²) in [6.45, 7) is 6.55. The molecule has 0 saturated carbocycles. The first-order valence-corrected chi connectivity index (χ1v) is 7.58. The highest BCUT2D eigenvalue weighted by molar-refractivity contribution is 9.10. The topological polar surface area (TPSA) is 41.5 Å². The van der Waals surface area contributed by atoms with Crippen LogP contribution < -0.4 is 10.1 Å². The van der Waals surface area contributed by atoms with Crippen LogP contribution in [0.1, 0.15) is 22.3 Å². The van der Waals surface area contributed by atoms with E-state index in [1.807, 2.05) is 39.0 Å². The molecule has 0 bridgehead atoms. The van der Waals surface area contributed by atoms with Crippen LogP contribution in [0.5, 0.6) is 11.5 Å². The second-order valence-corrected chi connectivity index (χ2v) is 6.15. The number of halogens is 1. The van der Waals surface area contributed by atoms with Gasteiger partial charge in [0.2, 0.25) is 0 Å². The Labute approximate surface area is 134 Å². The first-order valence-electron chi connectivity index (χ1n) is 6.79. The van der Waals surface area contributed by atoms with Gasteiger partial charge < -0.3 is 15.2 Å². The summed E-state index contributed by atoms with van der Waals surface area (Å²) in [5, 5.41) is 13.2. The minimum Gasteiger partial charge on any atom is -0.507 e. The van der Waals surface area contributed by atoms with Crippen LogP contribution in [0.15, 0.2) is 28.7 Å². The molecule has 0 spiro atoms. The third kappa shape index (κ3) is 3.50. The zero-order chi connectivity index (χ0) is 15.6. The number of nitrogens with one attached hydrogen (secondary N) is 1. The molecule has 2 aromatic rings. The summed E-state index contributed by atoms with van der Waals surface area (Å²) >= 11 is 3.48. The van der Waals surface area contributed by atoms with Gasteiger partial charge in [0.1, 0.15) is 11.5 Å². The Morgan fingerprint density at radius 2 is 1.67 bits per heavy atom. The van der Waals surface area contributed by atoms with Crippen molar-refractivity contribution in [3.8, 4) is 11.5 Å². The smallest absolute Gasteiger partial charge is 0.143 e. The maximum Gasteiger partial charge on any atom is 0.143 e. The molecule has 112 valence electrons. The summed E-state index contributed by atoms with van der Waals surface area (Å²) in [6.07, 6.45) is 0. The molecule has 0 heterocycles. The Hall–Kier alpha value is -1.68. The number of anilines is 1. The number of ether oxygens (including phenoxy) is 1. The van der Waals surface area contributed by atoms with Gasteiger partial charge in [0.05, 0.1) is 12.8 Å². The Kier molecular flexibility index (Phi) is 4.78. The Bertz CT molecular complexity index is 645. The van der Waals surface area contributed by atoms with E-state index in [9.17, 15) is 5.11 Å². The van der Waals surface area contributed by atoms with Gasteiger partial charge >= 0.3 is 0 Å². The van der Waals surface area contributed by atoms with Crippen molar-refractivity contribution in [2.75, 3.05) is 12.4 Å². The van der Waals surface area contributed by atoms with Crippen molar-refractivity contribution in [2.45, 2.75) is 27.3 Å². The number of phenolic OH excluding ortho intramolecular Hbond substituents is 1. The molecule has 0 radical (unpaired) electrons. The van der Waals surface area contributed by atoms with Gasteiger partial charge in [-0.3, -0.25) is 0 Å². The second kappa shape index (κ2) is 6.39. The molecule has 2 N–H and O–H groups in total. The third-order valence-electron chi connectivity index (χ3n) is 3.50. The zero-order valence-electron chi connectivity index (χ0n) is 12.7. The highest BCUT2D eigenvalue weighted by atomic mass is 79.9. The quantitative estimate of drug-likeness (QED) is 0.840. The fourth-order valence-corrected chi connectivity index (χ4v) is 2.99. The number of aryl methyl sites for hydroxylation is 3. The molecule has 21 heavy (non-hydrogen) atoms. The third-order valence-corrected chi connectivity index (χ3v) is 3.96. The SMILES string of the molecule is COc1cc(Br)cc(C)c1NCc1cc(C)c(O)c(C)c1. The lowest BCUT2D eigenvalue weighted by Crippen LogP contribution is -2.04. The van der Waals surface area contributed by atoms with Gasteiger partial charge in [0, 0.05) is 11.0 Å². The Morgan fingerprint density at radius 3 is 2.24 bits per heavy atom. The minimum absolute atomic E-state index is 0.371. The van der Waals surface area contributed by atoms with Crippen LogP contribution in [0.3, 0.4) is 0 Å². The molecule has 0 fully saturated rings. The molecule has 2 rings (SSSR count). The molecule has 0 saturated heterocycles. The van der Waals surface area contributed by atoms with Gasteiger partial charge in [-0.15, -0.1) is 0 Å². The monoisotopic (exact) mass is 349 g/mol. The van der Waals surface area contributed by atoms with Gasteiger partial charge in [0.25, 0.3) is 0 Å². The van der Waals surface area contributed by atoms with Crippen LogP contribution in [0.25, 0.3) is 0 Å². The molecule has 0 unspecified atom stereocenters. The summed E-state index contributed by atoms with van der Waals surface area (Å²) in [5.74, 6) is 1.19. The maximum absolute atomic E-state index is 9.83. The molecule has 2 aromatic carbocycles. The predicted octanol–water partition coefficient (Wildman–Crippen LogP) is 4.70. The van der Waals surface area contributed by atoms with Crippen LogP contribution in [-0.2, 0) is 6.54 Å². The van der Waals surface area contributed by atoms with Crippen LogP contribution in [0.2, 0.25) is 0 Å². The van der Waals surface area contributed by atoms with E-state index in [0.29, 0.717) is 12.3 Å². The molecular formula is C17H20BrNO2. The highest BCUT2D eigenvalue weighted by Gasteiger charge is 2.09. The van der Waals surface area contributed by atoms with Gasteiger partial charge in [-0.1, -0.05) is 28.1 Å². The van der Waals surface area contributed by atoms with Crippen molar-refractivity contribution in [3.05, 3.63) is 51.0 Å². The van der Waals surface area contributed by atoms with Crippen molar-refractivity contribution in [1.82, 2.24) is 0 Å². The molecule has 4 heteroatoms. The lowest BCUT2D eigenvalue weighted by molar-refractivity contribution is 0.416. The van der Waals surface area contributed by atoms with Crippen molar-refractivity contribution >= 4 is 21.6 Å². The number of rotatable bonds is 4. The van der Waals surface area contributed by atoms with Crippen LogP contribution in [-0.4, -0.2) is 12.2 Å². The standard InChI is InChI=1S/C17H20BrNO2/c1-10-7-14(18)8-15(21-4)16(10)19-9-13-5-11(2)17(20)12(3)6-13/h5-8,19-20H,9H2,1-4H3. The van der Waals surface area contributed by atoms with Crippen LogP contribution in [0, 0.1) is 20.8 Å². The number of phenols is 1. The molecule has 0 aliphatic heterocycles. The van der Waals surface area contributed by atoms with Crippen molar-refractivity contribution < 1.29 is 9.84 Å². The number of hydrogen-bond acceptors (Lipinski definition) is 3. The fourth-order valence-electron chi connectivity index (χ4n) is 2.44. The number of methoxy groups -OCH3 is 1. The average molecular weight is 350 g/mol. The number of hydrogen-bond donors (Lipinski definition) is 2. The van der Waals surface area contributed by atoms with E-state index < -0.39 is 0 Å². The average Bonchev–Trinajstić information content (AvgIpc) is 2.42. The van der Waals surface area contributed by atoms with Crippen molar-refractivity contribution in [2.24, 2.45) is 0 Å². The zero-order valence-corrected chi connectivity index (χ0v) is 14.3. The maximum atomic E-state index is 9.83. The summed E-state index contributed by atoms with van der Waals surface area (Å²) < 4.78 is 6.43. The lowest BCUT2D eigenvalue weighted by atomic mass is 10.1. The lowest BCUT2D eigenvalue weighted by Gasteiger charge is -2.15. The molecule has 0 amide bonds. The van der Waals surface area contributed by atoms with E-state index in [-0.39, 0.29) is 0 Å². The largest absolute Gasteiger partial charge is 0.507 e. The second-order valence-electron chi connectivity index (χ2n) is 5.23. The molecule has 3 nitrogen and oxygen atoms in total. The summed E-state index contributed by atoms with van der Waals surface area (Å²) in [6, 6.07) is 7.99. The van der Waals surface area contributed by atoms with Gasteiger partial charge in [-0.25, -0.2) is 0 Å². The van der Waals surface area contributed by atoms with E-state index in [0.717, 1.165) is 38.2 Å². The number of aromatic hydroxyl groups is 1. The van der Waals surface area contributed by atoms with Gasteiger partial charge in [0.15, 0.2) is 0 Å². The van der Waals surface area contributed by atoms with E-state index in [1.165, 1.54) is 0 Å². The van der Waals surface area contributed by atoms with Crippen molar-refractivity contribution in [3.63, 3.8) is 0 Å². The van der Waals surface area contributed by atoms with E-state index in [4.69, 9.17) is 4.74 Å². The van der Waals surface area contributed by atoms with E-state index in [2.05, 4.69) is 27.3 Å². The highest BCUT2D eigenvalue weighted by Crippen LogP contribution is 2.32. The van der Waals surface area contributed by atoms with Gasteiger partial charge in [-0.2, -0.15) is 0 Å². The first kappa shape index (κ1) is 15.7. The van der Waals surface area contributed by atoms with Crippen LogP contribution >= 0.6 is 15.9 Å². The molecule has 0 aromatic heterocycles. The van der Waals surface area contributed by atoms with Gasteiger partial charge in [-0.05, 0) is 55.2 Å². The Morgan fingerprint density at radius 1 is 1.05 bits per heavy atom. The summed E-state index contributed by atoms with van der Waals surface area (Å²) in [5.41, 5.74) is 5.03. The van der Waals surface area contributed by atoms with Crippen LogP contribution in [0.4, 0.5) is 5.69 Å². The molecule has 0 aliphatic carbocycles. The normalized spacial score (nSPS) is 10.5. The minimum atomic E-state index is 0.371. The molecule has 0 aliphatic rings. The fraction of sp³-hybridized carbons (Fsp3) is 0.294.